The molecule has 1 N–H and O–H groups in total. The van der Waals surface area contributed by atoms with Crippen molar-refractivity contribution in [2.45, 2.75) is 6.61 Å². The standard InChI is InChI=1S/C19H14BrFN2O4S/c20-14-7-6-13-8-16(27-11-12-4-2-1-3-5-12)19(18(21)15(13)9-14)23-10-17(24)22-28(23,25)26/h1-9H,10-11H2,(H,22,24). The Labute approximate surface area is 169 Å². The summed E-state index contributed by atoms with van der Waals surface area (Å²) < 4.78 is 49.0. The lowest BCUT2D eigenvalue weighted by atomic mass is 10.1. The summed E-state index contributed by atoms with van der Waals surface area (Å²) in [6.07, 6.45) is 0. The second-order valence-corrected chi connectivity index (χ2v) is 8.72. The van der Waals surface area contributed by atoms with Crippen LogP contribution in [0.4, 0.5) is 10.1 Å². The van der Waals surface area contributed by atoms with E-state index in [1.54, 1.807) is 24.3 Å². The minimum atomic E-state index is -4.19. The van der Waals surface area contributed by atoms with E-state index in [9.17, 15) is 13.2 Å². The first-order valence-corrected chi connectivity index (χ1v) is 10.5. The minimum Gasteiger partial charge on any atom is -0.487 e. The summed E-state index contributed by atoms with van der Waals surface area (Å²) in [6.45, 7) is -0.398. The fraction of sp³-hybridized carbons (Fsp3) is 0.105. The smallest absolute Gasteiger partial charge is 0.326 e. The molecule has 0 radical (unpaired) electrons. The maximum Gasteiger partial charge on any atom is 0.326 e. The first-order chi connectivity index (χ1) is 13.3. The molecule has 1 aliphatic rings. The Balaban J connectivity index is 1.86. The number of anilines is 1. The third-order valence-corrected chi connectivity index (χ3v) is 6.16. The van der Waals surface area contributed by atoms with E-state index in [1.807, 2.05) is 35.1 Å². The van der Waals surface area contributed by atoms with Gasteiger partial charge in [0.25, 0.3) is 5.91 Å². The molecular formula is C19H14BrFN2O4S. The molecule has 1 aliphatic heterocycles. The van der Waals surface area contributed by atoms with Crippen LogP contribution in [-0.4, -0.2) is 20.9 Å². The number of hydrogen-bond acceptors (Lipinski definition) is 4. The van der Waals surface area contributed by atoms with Gasteiger partial charge in [-0.1, -0.05) is 52.3 Å². The second-order valence-electron chi connectivity index (χ2n) is 6.21. The van der Waals surface area contributed by atoms with Gasteiger partial charge in [-0.25, -0.2) is 13.4 Å². The predicted molar refractivity (Wildman–Crippen MR) is 107 cm³/mol. The van der Waals surface area contributed by atoms with Crippen molar-refractivity contribution in [3.05, 3.63) is 70.5 Å². The second kappa shape index (κ2) is 7.06. The molecule has 1 fully saturated rings. The molecule has 0 spiro atoms. The van der Waals surface area contributed by atoms with Gasteiger partial charge < -0.3 is 4.74 Å². The third-order valence-electron chi connectivity index (χ3n) is 4.29. The zero-order valence-corrected chi connectivity index (χ0v) is 16.8. The van der Waals surface area contributed by atoms with E-state index in [1.165, 1.54) is 0 Å². The Kier molecular flexibility index (Phi) is 4.72. The van der Waals surface area contributed by atoms with Crippen LogP contribution >= 0.6 is 15.9 Å². The van der Waals surface area contributed by atoms with Crippen molar-refractivity contribution in [3.63, 3.8) is 0 Å². The summed E-state index contributed by atoms with van der Waals surface area (Å²) in [5.41, 5.74) is 0.545. The largest absolute Gasteiger partial charge is 0.487 e. The molecule has 6 nitrogen and oxygen atoms in total. The summed E-state index contributed by atoms with van der Waals surface area (Å²) in [5.74, 6) is -1.47. The maximum absolute atomic E-state index is 15.4. The Morgan fingerprint density at radius 3 is 2.57 bits per heavy atom. The van der Waals surface area contributed by atoms with Crippen molar-refractivity contribution in [3.8, 4) is 5.75 Å². The highest BCUT2D eigenvalue weighted by Crippen LogP contribution is 2.40. The number of hydrogen-bond donors (Lipinski definition) is 1. The lowest BCUT2D eigenvalue weighted by Gasteiger charge is -2.21. The van der Waals surface area contributed by atoms with Gasteiger partial charge in [0.1, 0.15) is 24.6 Å². The average Bonchev–Trinajstić information content (AvgIpc) is 2.93. The van der Waals surface area contributed by atoms with Crippen molar-refractivity contribution < 1.29 is 22.3 Å². The van der Waals surface area contributed by atoms with Gasteiger partial charge in [-0.3, -0.25) is 4.79 Å². The van der Waals surface area contributed by atoms with Crippen LogP contribution in [0, 0.1) is 5.82 Å². The number of carbonyl (C=O) groups excluding carboxylic acids is 1. The van der Waals surface area contributed by atoms with Gasteiger partial charge in [0.15, 0.2) is 5.82 Å². The van der Waals surface area contributed by atoms with Crippen molar-refractivity contribution in [1.82, 2.24) is 4.72 Å². The van der Waals surface area contributed by atoms with Gasteiger partial charge in [0, 0.05) is 9.86 Å². The number of carbonyl (C=O) groups is 1. The van der Waals surface area contributed by atoms with Crippen LogP contribution in [0.3, 0.4) is 0 Å². The number of fused-ring (bicyclic) bond motifs is 1. The number of nitrogens with one attached hydrogen (secondary N) is 1. The lowest BCUT2D eigenvalue weighted by Crippen LogP contribution is -2.30. The molecule has 1 amide bonds. The fourth-order valence-electron chi connectivity index (χ4n) is 3.01. The number of ether oxygens (including phenoxy) is 1. The van der Waals surface area contributed by atoms with E-state index in [0.717, 1.165) is 5.56 Å². The Hall–Kier alpha value is -2.65. The van der Waals surface area contributed by atoms with Gasteiger partial charge in [-0.2, -0.15) is 8.42 Å². The average molecular weight is 465 g/mol. The van der Waals surface area contributed by atoms with Gasteiger partial charge in [0.2, 0.25) is 0 Å². The lowest BCUT2D eigenvalue weighted by molar-refractivity contribution is -0.117. The molecule has 4 rings (SSSR count). The summed E-state index contributed by atoms with van der Waals surface area (Å²) in [7, 11) is -4.19. The molecule has 0 unspecified atom stereocenters. The predicted octanol–water partition coefficient (Wildman–Crippen LogP) is 3.50. The fourth-order valence-corrected chi connectivity index (χ4v) is 4.53. The van der Waals surface area contributed by atoms with E-state index in [-0.39, 0.29) is 23.4 Å². The highest BCUT2D eigenvalue weighted by molar-refractivity contribution is 9.10. The number of rotatable bonds is 4. The molecule has 1 heterocycles. The SMILES string of the molecule is O=C1CN(c2c(OCc3ccccc3)cc3ccc(Br)cc3c2F)S(=O)(=O)N1. The summed E-state index contributed by atoms with van der Waals surface area (Å²) in [6, 6.07) is 15.8. The number of benzene rings is 3. The normalized spacial score (nSPS) is 15.6. The molecule has 0 atom stereocenters. The third kappa shape index (κ3) is 3.43. The molecular weight excluding hydrogens is 451 g/mol. The van der Waals surface area contributed by atoms with Crippen LogP contribution in [0.2, 0.25) is 0 Å². The number of amides is 1. The van der Waals surface area contributed by atoms with Crippen molar-refractivity contribution >= 4 is 48.5 Å². The molecule has 9 heteroatoms. The molecule has 0 saturated carbocycles. The molecule has 3 aromatic carbocycles. The molecule has 0 aliphatic carbocycles. The maximum atomic E-state index is 15.4. The summed E-state index contributed by atoms with van der Waals surface area (Å²) in [5, 5.41) is 0.759. The van der Waals surface area contributed by atoms with Crippen molar-refractivity contribution in [2.24, 2.45) is 0 Å². The number of nitrogens with zero attached hydrogens (tertiary/aromatic N) is 1. The monoisotopic (exact) mass is 464 g/mol. The quantitative estimate of drug-likeness (QED) is 0.640. The highest BCUT2D eigenvalue weighted by Gasteiger charge is 2.38. The van der Waals surface area contributed by atoms with E-state index in [4.69, 9.17) is 4.74 Å². The van der Waals surface area contributed by atoms with Crippen molar-refractivity contribution in [1.29, 1.82) is 0 Å². The molecule has 144 valence electrons. The van der Waals surface area contributed by atoms with Crippen LogP contribution < -0.4 is 13.8 Å². The zero-order valence-electron chi connectivity index (χ0n) is 14.4. The van der Waals surface area contributed by atoms with Gasteiger partial charge >= 0.3 is 10.2 Å². The minimum absolute atomic E-state index is 0.0382. The van der Waals surface area contributed by atoms with E-state index in [0.29, 0.717) is 14.2 Å². The van der Waals surface area contributed by atoms with Crippen LogP contribution in [0.5, 0.6) is 5.75 Å². The summed E-state index contributed by atoms with van der Waals surface area (Å²) >= 11 is 3.29. The van der Waals surface area contributed by atoms with Crippen LogP contribution in [-0.2, 0) is 21.6 Å². The molecule has 0 aromatic heterocycles. The Bertz CT molecular complexity index is 1190. The van der Waals surface area contributed by atoms with Crippen LogP contribution in [0.15, 0.2) is 59.1 Å². The van der Waals surface area contributed by atoms with Crippen LogP contribution in [0.25, 0.3) is 10.8 Å². The number of halogens is 2. The first kappa shape index (κ1) is 18.7. The highest BCUT2D eigenvalue weighted by atomic mass is 79.9. The van der Waals surface area contributed by atoms with E-state index in [2.05, 4.69) is 15.9 Å². The topological polar surface area (TPSA) is 75.7 Å². The Morgan fingerprint density at radius 2 is 1.89 bits per heavy atom. The molecule has 1 saturated heterocycles. The Morgan fingerprint density at radius 1 is 1.14 bits per heavy atom. The molecule has 0 bridgehead atoms. The molecule has 3 aromatic rings. The van der Waals surface area contributed by atoms with E-state index >= 15 is 4.39 Å². The van der Waals surface area contributed by atoms with Gasteiger partial charge in [-0.15, -0.1) is 0 Å². The first-order valence-electron chi connectivity index (χ1n) is 8.27. The molecule has 28 heavy (non-hydrogen) atoms. The zero-order chi connectivity index (χ0) is 19.9. The van der Waals surface area contributed by atoms with E-state index < -0.39 is 28.5 Å². The van der Waals surface area contributed by atoms with Crippen LogP contribution in [0.1, 0.15) is 5.56 Å². The summed E-state index contributed by atoms with van der Waals surface area (Å²) in [4.78, 5) is 11.7. The van der Waals surface area contributed by atoms with Gasteiger partial charge in [0.05, 0.1) is 0 Å². The van der Waals surface area contributed by atoms with Gasteiger partial charge in [-0.05, 0) is 29.1 Å². The van der Waals surface area contributed by atoms with Crippen molar-refractivity contribution in [2.75, 3.05) is 10.8 Å².